The summed E-state index contributed by atoms with van der Waals surface area (Å²) in [5.41, 5.74) is 6.60. The molecule has 0 saturated heterocycles. The topological polar surface area (TPSA) is 80.5 Å². The Labute approximate surface area is 146 Å². The molecule has 2 rings (SSSR count). The summed E-state index contributed by atoms with van der Waals surface area (Å²) in [4.78, 5) is 18.6. The van der Waals surface area contributed by atoms with Crippen LogP contribution in [0.5, 0.6) is 5.75 Å². The summed E-state index contributed by atoms with van der Waals surface area (Å²) in [5, 5.41) is 5.27. The highest BCUT2D eigenvalue weighted by atomic mass is 32.1. The lowest BCUT2D eigenvalue weighted by Crippen LogP contribution is -2.27. The van der Waals surface area contributed by atoms with Crippen LogP contribution in [0.2, 0.25) is 0 Å². The van der Waals surface area contributed by atoms with Gasteiger partial charge in [0, 0.05) is 24.2 Å². The first-order valence-corrected chi connectivity index (χ1v) is 8.95. The van der Waals surface area contributed by atoms with Crippen molar-refractivity contribution < 1.29 is 9.53 Å². The molecule has 0 atom stereocenters. The largest absolute Gasteiger partial charge is 0.492 e. The molecule has 3 N–H and O–H groups in total. The average molecular weight is 348 g/mol. The number of likely N-dealkylation sites (N-methyl/N-ethyl adjacent to an activating group) is 1. The van der Waals surface area contributed by atoms with Crippen molar-refractivity contribution in [3.63, 3.8) is 0 Å². The van der Waals surface area contributed by atoms with Crippen LogP contribution in [0.3, 0.4) is 0 Å². The lowest BCUT2D eigenvalue weighted by Gasteiger charge is -2.18. The van der Waals surface area contributed by atoms with E-state index in [9.17, 15) is 4.79 Å². The fraction of sp³-hybridized carbons (Fsp3) is 0.412. The molecule has 6 nitrogen and oxygen atoms in total. The number of nitrogens with two attached hydrogens (primary N) is 1. The van der Waals surface area contributed by atoms with Crippen LogP contribution in [0.15, 0.2) is 29.6 Å². The Morgan fingerprint density at radius 1 is 1.29 bits per heavy atom. The van der Waals surface area contributed by atoms with Gasteiger partial charge in [-0.05, 0) is 37.4 Å². The summed E-state index contributed by atoms with van der Waals surface area (Å²) in [6.07, 6.45) is 0. The third-order valence-corrected chi connectivity index (χ3v) is 4.51. The predicted molar refractivity (Wildman–Crippen MR) is 97.7 cm³/mol. The second-order valence-electron chi connectivity index (χ2n) is 5.18. The summed E-state index contributed by atoms with van der Waals surface area (Å²) >= 11 is 1.38. The van der Waals surface area contributed by atoms with Crippen LogP contribution in [0.4, 0.5) is 5.69 Å². The molecule has 0 fully saturated rings. The second-order valence-corrected chi connectivity index (χ2v) is 6.13. The van der Waals surface area contributed by atoms with Gasteiger partial charge in [0.15, 0.2) is 0 Å². The van der Waals surface area contributed by atoms with E-state index in [1.807, 2.05) is 24.3 Å². The molecular weight excluding hydrogens is 324 g/mol. The third-order valence-electron chi connectivity index (χ3n) is 3.64. The van der Waals surface area contributed by atoms with Crippen molar-refractivity contribution in [2.45, 2.75) is 20.4 Å². The molecule has 0 unspecified atom stereocenters. The second kappa shape index (κ2) is 9.36. The standard InChI is InChI=1S/C17H24N4O2S/c1-3-21(4-2)9-10-23-14-7-5-13(6-8-14)19-17(22)15-12-24-16(11-18)20-15/h5-8,12H,3-4,9-11,18H2,1-2H3,(H,19,22). The Kier molecular flexibility index (Phi) is 7.17. The fourth-order valence-corrected chi connectivity index (χ4v) is 2.83. The number of hydrogen-bond acceptors (Lipinski definition) is 6. The number of anilines is 1. The van der Waals surface area contributed by atoms with Crippen LogP contribution >= 0.6 is 11.3 Å². The molecule has 1 heterocycles. The Morgan fingerprint density at radius 2 is 2.00 bits per heavy atom. The van der Waals surface area contributed by atoms with Crippen molar-refractivity contribution in [3.05, 3.63) is 40.3 Å². The average Bonchev–Trinajstić information content (AvgIpc) is 3.09. The number of rotatable bonds is 9. The van der Waals surface area contributed by atoms with Gasteiger partial charge in [-0.25, -0.2) is 4.98 Å². The van der Waals surface area contributed by atoms with Crippen LogP contribution in [0.1, 0.15) is 29.3 Å². The molecule has 0 saturated carbocycles. The summed E-state index contributed by atoms with van der Waals surface area (Å²) in [6, 6.07) is 7.34. The molecule has 2 aromatic rings. The van der Waals surface area contributed by atoms with Crippen molar-refractivity contribution in [1.82, 2.24) is 9.88 Å². The molecule has 0 aliphatic carbocycles. The quantitative estimate of drug-likeness (QED) is 0.728. The number of carbonyl (C=O) groups is 1. The smallest absolute Gasteiger partial charge is 0.275 e. The number of amides is 1. The monoisotopic (exact) mass is 348 g/mol. The van der Waals surface area contributed by atoms with Crippen LogP contribution in [0.25, 0.3) is 0 Å². The molecule has 1 amide bonds. The molecule has 7 heteroatoms. The zero-order chi connectivity index (χ0) is 17.4. The van der Waals surface area contributed by atoms with Crippen LogP contribution in [-0.2, 0) is 6.54 Å². The van der Waals surface area contributed by atoms with E-state index in [4.69, 9.17) is 10.5 Å². The minimum atomic E-state index is -0.235. The first kappa shape index (κ1) is 18.4. The normalized spacial score (nSPS) is 10.8. The number of ether oxygens (including phenoxy) is 1. The number of carbonyl (C=O) groups excluding carboxylic acids is 1. The predicted octanol–water partition coefficient (Wildman–Crippen LogP) is 2.57. The minimum absolute atomic E-state index is 0.235. The van der Waals surface area contributed by atoms with E-state index >= 15 is 0 Å². The Hall–Kier alpha value is -1.96. The maximum atomic E-state index is 12.1. The number of aromatic nitrogens is 1. The van der Waals surface area contributed by atoms with E-state index in [1.54, 1.807) is 5.38 Å². The first-order valence-electron chi connectivity index (χ1n) is 8.07. The highest BCUT2D eigenvalue weighted by Gasteiger charge is 2.10. The van der Waals surface area contributed by atoms with Gasteiger partial charge in [0.2, 0.25) is 0 Å². The molecule has 0 aliphatic rings. The molecule has 0 spiro atoms. The summed E-state index contributed by atoms with van der Waals surface area (Å²) in [5.74, 6) is 0.556. The third kappa shape index (κ3) is 5.30. The molecule has 1 aromatic carbocycles. The van der Waals surface area contributed by atoms with Crippen molar-refractivity contribution in [1.29, 1.82) is 0 Å². The minimum Gasteiger partial charge on any atom is -0.492 e. The number of nitrogens with one attached hydrogen (secondary N) is 1. The van der Waals surface area contributed by atoms with Crippen molar-refractivity contribution in [2.75, 3.05) is 31.6 Å². The lowest BCUT2D eigenvalue weighted by molar-refractivity contribution is 0.102. The van der Waals surface area contributed by atoms with Crippen LogP contribution < -0.4 is 15.8 Å². The van der Waals surface area contributed by atoms with E-state index in [1.165, 1.54) is 11.3 Å². The SMILES string of the molecule is CCN(CC)CCOc1ccc(NC(=O)c2csc(CN)n2)cc1. The van der Waals surface area contributed by atoms with Gasteiger partial charge in [0.25, 0.3) is 5.91 Å². The van der Waals surface area contributed by atoms with Crippen molar-refractivity contribution in [2.24, 2.45) is 5.73 Å². The van der Waals surface area contributed by atoms with E-state index in [2.05, 4.69) is 29.0 Å². The van der Waals surface area contributed by atoms with Gasteiger partial charge in [-0.2, -0.15) is 0 Å². The molecule has 130 valence electrons. The zero-order valence-corrected chi connectivity index (χ0v) is 14.9. The fourth-order valence-electron chi connectivity index (χ4n) is 2.17. The molecular formula is C17H24N4O2S. The van der Waals surface area contributed by atoms with E-state index in [-0.39, 0.29) is 5.91 Å². The van der Waals surface area contributed by atoms with Crippen LogP contribution in [-0.4, -0.2) is 42.0 Å². The Balaban J connectivity index is 1.84. The highest BCUT2D eigenvalue weighted by Crippen LogP contribution is 2.17. The van der Waals surface area contributed by atoms with Gasteiger partial charge in [-0.3, -0.25) is 4.79 Å². The molecule has 0 bridgehead atoms. The highest BCUT2D eigenvalue weighted by molar-refractivity contribution is 7.09. The Morgan fingerprint density at radius 3 is 2.58 bits per heavy atom. The summed E-state index contributed by atoms with van der Waals surface area (Å²) in [7, 11) is 0. The first-order chi connectivity index (χ1) is 11.7. The van der Waals surface area contributed by atoms with Gasteiger partial charge in [-0.15, -0.1) is 11.3 Å². The van der Waals surface area contributed by atoms with Gasteiger partial charge >= 0.3 is 0 Å². The summed E-state index contributed by atoms with van der Waals surface area (Å²) < 4.78 is 5.72. The van der Waals surface area contributed by atoms with Crippen molar-refractivity contribution >= 4 is 22.9 Å². The van der Waals surface area contributed by atoms with Crippen LogP contribution in [0, 0.1) is 0 Å². The van der Waals surface area contributed by atoms with Crippen molar-refractivity contribution in [3.8, 4) is 5.75 Å². The van der Waals surface area contributed by atoms with Gasteiger partial charge in [-0.1, -0.05) is 13.8 Å². The maximum absolute atomic E-state index is 12.1. The van der Waals surface area contributed by atoms with E-state index in [0.717, 1.165) is 30.4 Å². The molecule has 1 aromatic heterocycles. The molecule has 24 heavy (non-hydrogen) atoms. The summed E-state index contributed by atoms with van der Waals surface area (Å²) in [6.45, 7) is 8.21. The molecule has 0 radical (unpaired) electrons. The van der Waals surface area contributed by atoms with Gasteiger partial charge < -0.3 is 20.7 Å². The van der Waals surface area contributed by atoms with Gasteiger partial charge in [0.1, 0.15) is 23.1 Å². The number of nitrogens with zero attached hydrogens (tertiary/aromatic N) is 2. The lowest BCUT2D eigenvalue weighted by atomic mass is 10.3. The Bertz CT molecular complexity index is 638. The maximum Gasteiger partial charge on any atom is 0.275 e. The molecule has 0 aliphatic heterocycles. The van der Waals surface area contributed by atoms with E-state index in [0.29, 0.717) is 24.5 Å². The van der Waals surface area contributed by atoms with Gasteiger partial charge in [0.05, 0.1) is 0 Å². The number of thiazole rings is 1. The number of hydrogen-bond donors (Lipinski definition) is 2. The van der Waals surface area contributed by atoms with E-state index < -0.39 is 0 Å². The zero-order valence-electron chi connectivity index (χ0n) is 14.1. The number of benzene rings is 1.